The van der Waals surface area contributed by atoms with E-state index in [2.05, 4.69) is 0 Å². The maximum absolute atomic E-state index is 8.88. The van der Waals surface area contributed by atoms with Crippen LogP contribution in [-0.4, -0.2) is 24.0 Å². The molecule has 72 valence electrons. The molecule has 1 unspecified atom stereocenters. The molecule has 4 heteroatoms. The van der Waals surface area contributed by atoms with Crippen LogP contribution in [0.5, 0.6) is 5.75 Å². The van der Waals surface area contributed by atoms with Gasteiger partial charge in [-0.2, -0.15) is 5.48 Å². The van der Waals surface area contributed by atoms with E-state index in [0.717, 1.165) is 5.56 Å². The SMILES string of the molecule is COc1cccc(C(CO)NO)c1. The van der Waals surface area contributed by atoms with Gasteiger partial charge in [-0.1, -0.05) is 12.1 Å². The number of hydrogen-bond acceptors (Lipinski definition) is 4. The second-order valence-corrected chi connectivity index (χ2v) is 2.64. The second kappa shape index (κ2) is 4.81. The monoisotopic (exact) mass is 183 g/mol. The van der Waals surface area contributed by atoms with Crippen molar-refractivity contribution in [3.63, 3.8) is 0 Å². The van der Waals surface area contributed by atoms with Gasteiger partial charge in [-0.05, 0) is 17.7 Å². The molecule has 1 atom stereocenters. The minimum absolute atomic E-state index is 0.163. The Morgan fingerprint density at radius 1 is 1.54 bits per heavy atom. The highest BCUT2D eigenvalue weighted by Gasteiger charge is 2.08. The standard InChI is InChI=1S/C9H13NO3/c1-13-8-4-2-3-7(5-8)9(6-11)10-12/h2-5,9-12H,6H2,1H3. The fourth-order valence-electron chi connectivity index (χ4n) is 1.08. The largest absolute Gasteiger partial charge is 0.497 e. The van der Waals surface area contributed by atoms with Gasteiger partial charge < -0.3 is 15.1 Å². The predicted octanol–water partition coefficient (Wildman–Crippen LogP) is 0.707. The van der Waals surface area contributed by atoms with Gasteiger partial charge in [-0.25, -0.2) is 0 Å². The Morgan fingerprint density at radius 3 is 2.85 bits per heavy atom. The molecule has 1 rings (SSSR count). The Bertz CT molecular complexity index is 261. The molecule has 0 aliphatic rings. The van der Waals surface area contributed by atoms with Crippen LogP contribution < -0.4 is 10.2 Å². The van der Waals surface area contributed by atoms with Crippen LogP contribution in [0.15, 0.2) is 24.3 Å². The third-order valence-electron chi connectivity index (χ3n) is 1.83. The third-order valence-corrected chi connectivity index (χ3v) is 1.83. The van der Waals surface area contributed by atoms with Crippen LogP contribution in [0.25, 0.3) is 0 Å². The van der Waals surface area contributed by atoms with Crippen LogP contribution in [0.4, 0.5) is 0 Å². The molecule has 1 aromatic rings. The van der Waals surface area contributed by atoms with Crippen LogP contribution in [0.1, 0.15) is 11.6 Å². The van der Waals surface area contributed by atoms with Gasteiger partial charge >= 0.3 is 0 Å². The fourth-order valence-corrected chi connectivity index (χ4v) is 1.08. The summed E-state index contributed by atoms with van der Waals surface area (Å²) in [6, 6.07) is 6.69. The molecule has 0 spiro atoms. The maximum Gasteiger partial charge on any atom is 0.119 e. The van der Waals surface area contributed by atoms with Crippen LogP contribution >= 0.6 is 0 Å². The van der Waals surface area contributed by atoms with Crippen LogP contribution in [0.2, 0.25) is 0 Å². The number of aliphatic hydroxyl groups is 1. The second-order valence-electron chi connectivity index (χ2n) is 2.64. The molecule has 0 aromatic heterocycles. The molecular weight excluding hydrogens is 170 g/mol. The van der Waals surface area contributed by atoms with Crippen LogP contribution in [-0.2, 0) is 0 Å². The van der Waals surface area contributed by atoms with E-state index in [0.29, 0.717) is 5.75 Å². The van der Waals surface area contributed by atoms with Gasteiger partial charge in [-0.3, -0.25) is 0 Å². The molecule has 0 amide bonds. The van der Waals surface area contributed by atoms with Crippen molar-refractivity contribution < 1.29 is 15.1 Å². The number of hydrogen-bond donors (Lipinski definition) is 3. The fraction of sp³-hybridized carbons (Fsp3) is 0.333. The quantitative estimate of drug-likeness (QED) is 0.601. The highest BCUT2D eigenvalue weighted by molar-refractivity contribution is 5.30. The molecule has 3 N–H and O–H groups in total. The van der Waals surface area contributed by atoms with Crippen molar-refractivity contribution in [1.82, 2.24) is 5.48 Å². The minimum Gasteiger partial charge on any atom is -0.497 e. The van der Waals surface area contributed by atoms with Crippen molar-refractivity contribution in [2.75, 3.05) is 13.7 Å². The van der Waals surface area contributed by atoms with E-state index in [-0.39, 0.29) is 6.61 Å². The number of hydroxylamine groups is 1. The van der Waals surface area contributed by atoms with Crippen molar-refractivity contribution in [1.29, 1.82) is 0 Å². The van der Waals surface area contributed by atoms with Gasteiger partial charge in [0.15, 0.2) is 0 Å². The number of nitrogens with one attached hydrogen (secondary N) is 1. The summed E-state index contributed by atoms with van der Waals surface area (Å²) in [6.45, 7) is -0.163. The summed E-state index contributed by atoms with van der Waals surface area (Å²) in [5, 5.41) is 17.6. The van der Waals surface area contributed by atoms with Crippen LogP contribution in [0, 0.1) is 0 Å². The van der Waals surface area contributed by atoms with Crippen molar-refractivity contribution in [3.8, 4) is 5.75 Å². The summed E-state index contributed by atoms with van der Waals surface area (Å²) in [4.78, 5) is 0. The first kappa shape index (κ1) is 9.98. The van der Waals surface area contributed by atoms with Crippen molar-refractivity contribution in [3.05, 3.63) is 29.8 Å². The highest BCUT2D eigenvalue weighted by atomic mass is 16.5. The molecule has 0 radical (unpaired) electrons. The average Bonchev–Trinajstić information content (AvgIpc) is 2.20. The van der Waals surface area contributed by atoms with E-state index in [1.807, 2.05) is 5.48 Å². The average molecular weight is 183 g/mol. The molecule has 0 fully saturated rings. The van der Waals surface area contributed by atoms with E-state index in [1.54, 1.807) is 31.4 Å². The van der Waals surface area contributed by atoms with Crippen molar-refractivity contribution in [2.24, 2.45) is 0 Å². The Hall–Kier alpha value is -1.10. The van der Waals surface area contributed by atoms with Gasteiger partial charge in [0, 0.05) is 0 Å². The number of rotatable bonds is 4. The molecule has 0 saturated carbocycles. The number of aliphatic hydroxyl groups excluding tert-OH is 1. The van der Waals surface area contributed by atoms with E-state index >= 15 is 0 Å². The summed E-state index contributed by atoms with van der Waals surface area (Å²) < 4.78 is 5.00. The summed E-state index contributed by atoms with van der Waals surface area (Å²) in [5.74, 6) is 0.700. The molecule has 4 nitrogen and oxygen atoms in total. The van der Waals surface area contributed by atoms with E-state index in [4.69, 9.17) is 15.1 Å². The van der Waals surface area contributed by atoms with Crippen molar-refractivity contribution >= 4 is 0 Å². The lowest BCUT2D eigenvalue weighted by Crippen LogP contribution is -2.20. The lowest BCUT2D eigenvalue weighted by molar-refractivity contribution is 0.0905. The lowest BCUT2D eigenvalue weighted by atomic mass is 10.1. The van der Waals surface area contributed by atoms with Crippen molar-refractivity contribution in [2.45, 2.75) is 6.04 Å². The molecule has 0 aliphatic heterocycles. The van der Waals surface area contributed by atoms with E-state index in [9.17, 15) is 0 Å². The van der Waals surface area contributed by atoms with Gasteiger partial charge in [0.2, 0.25) is 0 Å². The minimum atomic E-state index is -0.463. The summed E-state index contributed by atoms with van der Waals surface area (Å²) in [6.07, 6.45) is 0. The smallest absolute Gasteiger partial charge is 0.119 e. The zero-order chi connectivity index (χ0) is 9.68. The topological polar surface area (TPSA) is 61.7 Å². The molecular formula is C9H13NO3. The predicted molar refractivity (Wildman–Crippen MR) is 47.7 cm³/mol. The first-order chi connectivity index (χ1) is 6.31. The highest BCUT2D eigenvalue weighted by Crippen LogP contribution is 2.18. The summed E-state index contributed by atoms with van der Waals surface area (Å²) in [7, 11) is 1.57. The number of benzene rings is 1. The Balaban J connectivity index is 2.86. The third kappa shape index (κ3) is 2.42. The normalized spacial score (nSPS) is 12.5. The summed E-state index contributed by atoms with van der Waals surface area (Å²) >= 11 is 0. The molecule has 0 saturated heterocycles. The number of ether oxygens (including phenoxy) is 1. The Morgan fingerprint density at radius 2 is 2.31 bits per heavy atom. The Kier molecular flexibility index (Phi) is 3.70. The van der Waals surface area contributed by atoms with Gasteiger partial charge in [0.25, 0.3) is 0 Å². The zero-order valence-corrected chi connectivity index (χ0v) is 7.40. The summed E-state index contributed by atoms with van der Waals surface area (Å²) in [5.41, 5.74) is 2.80. The zero-order valence-electron chi connectivity index (χ0n) is 7.40. The maximum atomic E-state index is 8.88. The van der Waals surface area contributed by atoms with Crippen LogP contribution in [0.3, 0.4) is 0 Å². The Labute approximate surface area is 76.7 Å². The van der Waals surface area contributed by atoms with E-state index in [1.165, 1.54) is 0 Å². The molecule has 0 heterocycles. The molecule has 13 heavy (non-hydrogen) atoms. The first-order valence-electron chi connectivity index (χ1n) is 3.96. The molecule has 1 aromatic carbocycles. The number of methoxy groups -OCH3 is 1. The first-order valence-corrected chi connectivity index (χ1v) is 3.96. The molecule has 0 aliphatic carbocycles. The van der Waals surface area contributed by atoms with E-state index < -0.39 is 6.04 Å². The molecule has 0 bridgehead atoms. The van der Waals surface area contributed by atoms with Gasteiger partial charge in [0.1, 0.15) is 5.75 Å². The van der Waals surface area contributed by atoms with Gasteiger partial charge in [0.05, 0.1) is 19.8 Å². The van der Waals surface area contributed by atoms with Gasteiger partial charge in [-0.15, -0.1) is 0 Å². The lowest BCUT2D eigenvalue weighted by Gasteiger charge is -2.12.